The fraction of sp³-hybridized carbons (Fsp3) is 0.714. The summed E-state index contributed by atoms with van der Waals surface area (Å²) in [7, 11) is 1.43. The van der Waals surface area contributed by atoms with Crippen LogP contribution in [0.3, 0.4) is 0 Å². The van der Waals surface area contributed by atoms with Crippen molar-refractivity contribution in [2.24, 2.45) is 0 Å². The summed E-state index contributed by atoms with van der Waals surface area (Å²) in [5.41, 5.74) is 0.540. The topological polar surface area (TPSA) is 39.2 Å². The monoisotopic (exact) mass is 267 g/mol. The predicted octanol–water partition coefficient (Wildman–Crippen LogP) is 3.64. The molecule has 1 fully saturated rings. The maximum Gasteiger partial charge on any atom is 0.318 e. The van der Waals surface area contributed by atoms with Gasteiger partial charge in [0, 0.05) is 11.3 Å². The van der Waals surface area contributed by atoms with Crippen LogP contribution in [0.2, 0.25) is 0 Å². The summed E-state index contributed by atoms with van der Waals surface area (Å²) < 4.78 is 4.85. The number of rotatable bonds is 3. The molecule has 1 aliphatic rings. The molecule has 0 aromatic carbocycles. The number of ether oxygens (including phenoxy) is 1. The molecule has 2 rings (SSSR count). The van der Waals surface area contributed by atoms with Gasteiger partial charge in [0.15, 0.2) is 0 Å². The third-order valence-electron chi connectivity index (χ3n) is 3.78. The molecule has 1 heterocycles. The van der Waals surface area contributed by atoms with E-state index in [4.69, 9.17) is 9.72 Å². The van der Waals surface area contributed by atoms with Crippen molar-refractivity contribution in [1.29, 1.82) is 0 Å². The molecule has 3 nitrogen and oxygen atoms in total. The summed E-state index contributed by atoms with van der Waals surface area (Å²) >= 11 is 1.58. The van der Waals surface area contributed by atoms with Crippen LogP contribution in [-0.2, 0) is 14.9 Å². The van der Waals surface area contributed by atoms with Gasteiger partial charge in [-0.1, -0.05) is 19.3 Å². The maximum absolute atomic E-state index is 11.8. The summed E-state index contributed by atoms with van der Waals surface area (Å²) in [5, 5.41) is 2.99. The Kier molecular flexibility index (Phi) is 4.05. The van der Waals surface area contributed by atoms with E-state index in [-0.39, 0.29) is 5.97 Å². The first kappa shape index (κ1) is 13.5. The van der Waals surface area contributed by atoms with Gasteiger partial charge in [0.2, 0.25) is 0 Å². The van der Waals surface area contributed by atoms with Crippen LogP contribution in [0, 0.1) is 0 Å². The van der Waals surface area contributed by atoms with Crippen molar-refractivity contribution >= 4 is 17.3 Å². The quantitative estimate of drug-likeness (QED) is 0.785. The molecular weight excluding hydrogens is 246 g/mol. The minimum atomic E-state index is -0.633. The van der Waals surface area contributed by atoms with Crippen molar-refractivity contribution in [3.05, 3.63) is 16.1 Å². The molecule has 1 saturated carbocycles. The zero-order valence-electron chi connectivity index (χ0n) is 11.4. The Morgan fingerprint density at radius 1 is 1.39 bits per heavy atom. The second-order valence-electron chi connectivity index (χ2n) is 5.53. The molecule has 1 aromatic heterocycles. The van der Waals surface area contributed by atoms with Gasteiger partial charge in [-0.3, -0.25) is 4.79 Å². The zero-order chi connectivity index (χ0) is 13.2. The molecular formula is C14H21NO2S. The van der Waals surface area contributed by atoms with Gasteiger partial charge in [0.25, 0.3) is 0 Å². The van der Waals surface area contributed by atoms with Crippen molar-refractivity contribution in [2.45, 2.75) is 57.3 Å². The van der Waals surface area contributed by atoms with Gasteiger partial charge in [0.1, 0.15) is 10.4 Å². The minimum Gasteiger partial charge on any atom is -0.468 e. The van der Waals surface area contributed by atoms with E-state index in [1.54, 1.807) is 11.3 Å². The molecule has 0 aliphatic heterocycles. The molecule has 0 unspecified atom stereocenters. The fourth-order valence-electron chi connectivity index (χ4n) is 2.50. The van der Waals surface area contributed by atoms with Gasteiger partial charge < -0.3 is 4.74 Å². The Bertz CT molecular complexity index is 419. The average molecular weight is 267 g/mol. The van der Waals surface area contributed by atoms with Gasteiger partial charge in [-0.2, -0.15) is 0 Å². The lowest BCUT2D eigenvalue weighted by atomic mass is 9.87. The predicted molar refractivity (Wildman–Crippen MR) is 73.0 cm³/mol. The summed E-state index contributed by atoms with van der Waals surface area (Å²) in [6.45, 7) is 3.75. The molecule has 100 valence electrons. The van der Waals surface area contributed by atoms with Crippen LogP contribution in [-0.4, -0.2) is 18.1 Å². The second kappa shape index (κ2) is 5.39. The molecule has 4 heteroatoms. The SMILES string of the molecule is COC(=O)C(C)(C)c1nc(C2CCCCC2)cs1. The number of hydrogen-bond donors (Lipinski definition) is 0. The van der Waals surface area contributed by atoms with E-state index in [0.717, 1.165) is 5.01 Å². The van der Waals surface area contributed by atoms with Crippen LogP contribution in [0.25, 0.3) is 0 Å². The lowest BCUT2D eigenvalue weighted by molar-refractivity contribution is -0.146. The smallest absolute Gasteiger partial charge is 0.318 e. The first-order chi connectivity index (χ1) is 8.55. The third-order valence-corrected chi connectivity index (χ3v) is 4.96. The van der Waals surface area contributed by atoms with Gasteiger partial charge >= 0.3 is 5.97 Å². The first-order valence-corrected chi connectivity index (χ1v) is 7.48. The van der Waals surface area contributed by atoms with Gasteiger partial charge in [-0.25, -0.2) is 4.98 Å². The number of nitrogens with zero attached hydrogens (tertiary/aromatic N) is 1. The Labute approximate surface area is 113 Å². The molecule has 18 heavy (non-hydrogen) atoms. The number of carbonyl (C=O) groups excluding carboxylic acids is 1. The lowest BCUT2D eigenvalue weighted by Crippen LogP contribution is -2.30. The van der Waals surface area contributed by atoms with Crippen LogP contribution in [0.1, 0.15) is 62.6 Å². The molecule has 0 spiro atoms. The Morgan fingerprint density at radius 3 is 2.67 bits per heavy atom. The molecule has 0 radical (unpaired) electrons. The highest BCUT2D eigenvalue weighted by atomic mass is 32.1. The summed E-state index contributed by atoms with van der Waals surface area (Å²) in [6, 6.07) is 0. The Balaban J connectivity index is 2.16. The van der Waals surface area contributed by atoms with E-state index in [1.807, 2.05) is 13.8 Å². The number of thiazole rings is 1. The minimum absolute atomic E-state index is 0.216. The van der Waals surface area contributed by atoms with Crippen molar-refractivity contribution < 1.29 is 9.53 Å². The van der Waals surface area contributed by atoms with E-state index >= 15 is 0 Å². The molecule has 0 saturated heterocycles. The van der Waals surface area contributed by atoms with Crippen LogP contribution in [0.15, 0.2) is 5.38 Å². The average Bonchev–Trinajstić information content (AvgIpc) is 2.89. The number of aromatic nitrogens is 1. The fourth-order valence-corrected chi connectivity index (χ4v) is 3.52. The van der Waals surface area contributed by atoms with Crippen LogP contribution in [0.5, 0.6) is 0 Å². The molecule has 0 amide bonds. The van der Waals surface area contributed by atoms with Gasteiger partial charge in [-0.05, 0) is 26.7 Å². The Hall–Kier alpha value is -0.900. The number of esters is 1. The first-order valence-electron chi connectivity index (χ1n) is 6.60. The summed E-state index contributed by atoms with van der Waals surface area (Å²) in [4.78, 5) is 16.5. The number of hydrogen-bond acceptors (Lipinski definition) is 4. The molecule has 0 atom stereocenters. The van der Waals surface area contributed by atoms with Crippen molar-refractivity contribution in [3.63, 3.8) is 0 Å². The van der Waals surface area contributed by atoms with Gasteiger partial charge in [0.05, 0.1) is 12.8 Å². The Morgan fingerprint density at radius 2 is 2.06 bits per heavy atom. The number of methoxy groups -OCH3 is 1. The third kappa shape index (κ3) is 2.58. The lowest BCUT2D eigenvalue weighted by Gasteiger charge is -2.20. The van der Waals surface area contributed by atoms with Crippen LogP contribution >= 0.6 is 11.3 Å². The maximum atomic E-state index is 11.8. The molecule has 0 bridgehead atoms. The highest BCUT2D eigenvalue weighted by Crippen LogP contribution is 2.35. The second-order valence-corrected chi connectivity index (χ2v) is 6.39. The van der Waals surface area contributed by atoms with E-state index < -0.39 is 5.41 Å². The molecule has 1 aliphatic carbocycles. The largest absolute Gasteiger partial charge is 0.468 e. The van der Waals surface area contributed by atoms with Crippen LogP contribution < -0.4 is 0 Å². The normalized spacial score (nSPS) is 17.7. The summed E-state index contributed by atoms with van der Waals surface area (Å²) in [5.74, 6) is 0.379. The van der Waals surface area contributed by atoms with Crippen molar-refractivity contribution in [1.82, 2.24) is 4.98 Å². The standard InChI is InChI=1S/C14H21NO2S/c1-14(2,13(16)17-3)12-15-11(9-18-12)10-7-5-4-6-8-10/h9-10H,4-8H2,1-3H3. The van der Waals surface area contributed by atoms with Gasteiger partial charge in [-0.15, -0.1) is 11.3 Å². The zero-order valence-corrected chi connectivity index (χ0v) is 12.2. The van der Waals surface area contributed by atoms with E-state index in [9.17, 15) is 4.79 Å². The van der Waals surface area contributed by atoms with E-state index in [1.165, 1.54) is 44.9 Å². The van der Waals surface area contributed by atoms with E-state index in [0.29, 0.717) is 5.92 Å². The highest BCUT2D eigenvalue weighted by Gasteiger charge is 2.34. The molecule has 0 N–H and O–H groups in total. The van der Waals surface area contributed by atoms with Crippen molar-refractivity contribution in [3.8, 4) is 0 Å². The number of carbonyl (C=O) groups is 1. The molecule has 1 aromatic rings. The van der Waals surface area contributed by atoms with Crippen LogP contribution in [0.4, 0.5) is 0 Å². The highest BCUT2D eigenvalue weighted by molar-refractivity contribution is 7.10. The summed E-state index contributed by atoms with van der Waals surface area (Å²) in [6.07, 6.45) is 6.43. The van der Waals surface area contributed by atoms with Crippen molar-refractivity contribution in [2.75, 3.05) is 7.11 Å². The van der Waals surface area contributed by atoms with E-state index in [2.05, 4.69) is 5.38 Å².